The van der Waals surface area contributed by atoms with Gasteiger partial charge in [0.2, 0.25) is 11.7 Å². The van der Waals surface area contributed by atoms with E-state index in [-0.39, 0.29) is 30.2 Å². The third-order valence-corrected chi connectivity index (χ3v) is 6.26. The van der Waals surface area contributed by atoms with Crippen molar-refractivity contribution in [3.8, 4) is 17.3 Å². The highest BCUT2D eigenvalue weighted by atomic mass is 16.5. The number of aryl methyl sites for hydroxylation is 2. The average molecular weight is 481 g/mol. The minimum absolute atomic E-state index is 0.143. The zero-order valence-electron chi connectivity index (χ0n) is 20.7. The SMILES string of the molecule is CCC(C(=O)NC1CCCC1)N(C(=O)Cn1nnc(-c2ccc(C)o2)n1)c1cc(C)ccc1OC. The van der Waals surface area contributed by atoms with E-state index in [9.17, 15) is 9.59 Å². The van der Waals surface area contributed by atoms with Gasteiger partial charge in [-0.05, 0) is 68.2 Å². The van der Waals surface area contributed by atoms with Crippen LogP contribution in [0.4, 0.5) is 5.69 Å². The van der Waals surface area contributed by atoms with E-state index in [0.717, 1.165) is 37.0 Å². The molecule has 3 aromatic rings. The Morgan fingerprint density at radius 2 is 2.00 bits per heavy atom. The average Bonchev–Trinajstić information content (AvgIpc) is 3.60. The van der Waals surface area contributed by atoms with Gasteiger partial charge >= 0.3 is 0 Å². The van der Waals surface area contributed by atoms with E-state index >= 15 is 0 Å². The van der Waals surface area contributed by atoms with Crippen LogP contribution in [0.2, 0.25) is 0 Å². The van der Waals surface area contributed by atoms with Crippen LogP contribution in [0.25, 0.3) is 11.6 Å². The quantitative estimate of drug-likeness (QED) is 0.499. The van der Waals surface area contributed by atoms with E-state index in [1.165, 1.54) is 9.70 Å². The summed E-state index contributed by atoms with van der Waals surface area (Å²) in [5.74, 6) is 1.48. The minimum Gasteiger partial charge on any atom is -0.495 e. The van der Waals surface area contributed by atoms with Crippen LogP contribution in [0.1, 0.15) is 50.4 Å². The smallest absolute Gasteiger partial charge is 0.251 e. The number of nitrogens with zero attached hydrogens (tertiary/aromatic N) is 5. The van der Waals surface area contributed by atoms with Crippen LogP contribution >= 0.6 is 0 Å². The van der Waals surface area contributed by atoms with Gasteiger partial charge in [0.25, 0.3) is 5.91 Å². The fourth-order valence-electron chi connectivity index (χ4n) is 4.48. The maximum atomic E-state index is 13.7. The minimum atomic E-state index is -0.713. The zero-order chi connectivity index (χ0) is 24.9. The molecule has 35 heavy (non-hydrogen) atoms. The molecule has 0 aliphatic heterocycles. The number of carbonyl (C=O) groups excluding carboxylic acids is 2. The predicted octanol–water partition coefficient (Wildman–Crippen LogP) is 3.43. The summed E-state index contributed by atoms with van der Waals surface area (Å²) >= 11 is 0. The summed E-state index contributed by atoms with van der Waals surface area (Å²) in [7, 11) is 1.55. The summed E-state index contributed by atoms with van der Waals surface area (Å²) in [6.45, 7) is 5.46. The van der Waals surface area contributed by atoms with E-state index in [2.05, 4.69) is 20.7 Å². The van der Waals surface area contributed by atoms with Crippen LogP contribution in [0.5, 0.6) is 5.75 Å². The lowest BCUT2D eigenvalue weighted by molar-refractivity contribution is -0.127. The number of hydrogen-bond donors (Lipinski definition) is 1. The Kier molecular flexibility index (Phi) is 7.48. The van der Waals surface area contributed by atoms with Crippen molar-refractivity contribution in [2.75, 3.05) is 12.0 Å². The van der Waals surface area contributed by atoms with Crippen molar-refractivity contribution in [2.45, 2.75) is 71.5 Å². The van der Waals surface area contributed by atoms with Crippen molar-refractivity contribution in [2.24, 2.45) is 0 Å². The normalized spacial score (nSPS) is 14.6. The van der Waals surface area contributed by atoms with Gasteiger partial charge in [-0.1, -0.05) is 25.8 Å². The van der Waals surface area contributed by atoms with Crippen molar-refractivity contribution < 1.29 is 18.7 Å². The molecule has 10 heteroatoms. The molecule has 1 unspecified atom stereocenters. The number of rotatable bonds is 9. The first-order valence-corrected chi connectivity index (χ1v) is 12.0. The highest BCUT2D eigenvalue weighted by molar-refractivity contribution is 6.01. The van der Waals surface area contributed by atoms with Crippen molar-refractivity contribution in [1.29, 1.82) is 0 Å². The van der Waals surface area contributed by atoms with E-state index in [4.69, 9.17) is 9.15 Å². The van der Waals surface area contributed by atoms with Crippen molar-refractivity contribution in [3.63, 3.8) is 0 Å². The van der Waals surface area contributed by atoms with Crippen LogP contribution in [-0.4, -0.2) is 51.2 Å². The highest BCUT2D eigenvalue weighted by Gasteiger charge is 2.34. The number of anilines is 1. The Labute approximate surface area is 204 Å². The van der Waals surface area contributed by atoms with Crippen molar-refractivity contribution in [3.05, 3.63) is 41.7 Å². The molecule has 1 N–H and O–H groups in total. The second-order valence-corrected chi connectivity index (χ2v) is 8.91. The molecule has 1 aromatic carbocycles. The summed E-state index contributed by atoms with van der Waals surface area (Å²) in [6.07, 6.45) is 4.56. The molecular formula is C25H32N6O4. The third-order valence-electron chi connectivity index (χ3n) is 6.26. The standard InChI is InChI=1S/C25H32N6O4/c1-5-19(25(33)26-18-8-6-7-9-18)31(20-14-16(2)10-12-21(20)34-4)23(32)15-30-28-24(27-29-30)22-13-11-17(3)35-22/h10-14,18-19H,5-9,15H2,1-4H3,(H,26,33). The Morgan fingerprint density at radius 3 is 2.66 bits per heavy atom. The zero-order valence-corrected chi connectivity index (χ0v) is 20.7. The molecule has 1 saturated carbocycles. The first-order chi connectivity index (χ1) is 16.9. The molecule has 1 fully saturated rings. The van der Waals surface area contributed by atoms with E-state index < -0.39 is 6.04 Å². The number of benzene rings is 1. The number of tetrazole rings is 1. The molecule has 0 saturated heterocycles. The summed E-state index contributed by atoms with van der Waals surface area (Å²) < 4.78 is 11.1. The Morgan fingerprint density at radius 1 is 1.23 bits per heavy atom. The van der Waals surface area contributed by atoms with Gasteiger partial charge in [0.15, 0.2) is 5.76 Å². The van der Waals surface area contributed by atoms with E-state index in [1.807, 2.05) is 39.0 Å². The molecule has 2 heterocycles. The van der Waals surface area contributed by atoms with Crippen LogP contribution in [-0.2, 0) is 16.1 Å². The first kappa shape index (κ1) is 24.4. The third kappa shape index (κ3) is 5.52. The predicted molar refractivity (Wildman–Crippen MR) is 130 cm³/mol. The van der Waals surface area contributed by atoms with Crippen LogP contribution in [0, 0.1) is 13.8 Å². The van der Waals surface area contributed by atoms with Gasteiger partial charge in [0.1, 0.15) is 24.1 Å². The monoisotopic (exact) mass is 480 g/mol. The van der Waals surface area contributed by atoms with Crippen LogP contribution < -0.4 is 15.0 Å². The summed E-state index contributed by atoms with van der Waals surface area (Å²) in [4.78, 5) is 29.8. The summed E-state index contributed by atoms with van der Waals surface area (Å²) in [5.41, 5.74) is 1.48. The Bertz CT molecular complexity index is 1180. The molecule has 0 radical (unpaired) electrons. The molecular weight excluding hydrogens is 448 g/mol. The lowest BCUT2D eigenvalue weighted by atomic mass is 10.1. The number of hydrogen-bond acceptors (Lipinski definition) is 7. The highest BCUT2D eigenvalue weighted by Crippen LogP contribution is 2.32. The largest absolute Gasteiger partial charge is 0.495 e. The molecule has 0 bridgehead atoms. The van der Waals surface area contributed by atoms with Gasteiger partial charge in [-0.15, -0.1) is 10.2 Å². The lowest BCUT2D eigenvalue weighted by Gasteiger charge is -2.32. The molecule has 10 nitrogen and oxygen atoms in total. The number of aromatic nitrogens is 4. The second-order valence-electron chi connectivity index (χ2n) is 8.91. The topological polar surface area (TPSA) is 115 Å². The van der Waals surface area contributed by atoms with Gasteiger partial charge in [0, 0.05) is 6.04 Å². The maximum absolute atomic E-state index is 13.7. The van der Waals surface area contributed by atoms with Crippen molar-refractivity contribution in [1.82, 2.24) is 25.5 Å². The Balaban J connectivity index is 1.64. The first-order valence-electron chi connectivity index (χ1n) is 12.0. The summed E-state index contributed by atoms with van der Waals surface area (Å²) in [6, 6.07) is 8.55. The molecule has 2 aromatic heterocycles. The lowest BCUT2D eigenvalue weighted by Crippen LogP contribution is -2.52. The number of amides is 2. The molecule has 2 amide bonds. The van der Waals surface area contributed by atoms with E-state index in [1.54, 1.807) is 19.2 Å². The summed E-state index contributed by atoms with van der Waals surface area (Å²) in [5, 5.41) is 15.5. The fraction of sp³-hybridized carbons (Fsp3) is 0.480. The molecule has 1 atom stereocenters. The second kappa shape index (κ2) is 10.7. The number of carbonyl (C=O) groups is 2. The molecule has 1 aliphatic rings. The number of ether oxygens (including phenoxy) is 1. The van der Waals surface area contributed by atoms with Gasteiger partial charge in [-0.2, -0.15) is 4.80 Å². The Hall–Kier alpha value is -3.69. The van der Waals surface area contributed by atoms with E-state index in [0.29, 0.717) is 23.6 Å². The van der Waals surface area contributed by atoms with Crippen LogP contribution in [0.15, 0.2) is 34.7 Å². The number of methoxy groups -OCH3 is 1. The molecule has 186 valence electrons. The van der Waals surface area contributed by atoms with Gasteiger partial charge in [-0.3, -0.25) is 14.5 Å². The maximum Gasteiger partial charge on any atom is 0.251 e. The van der Waals surface area contributed by atoms with Crippen LogP contribution in [0.3, 0.4) is 0 Å². The van der Waals surface area contributed by atoms with Crippen molar-refractivity contribution >= 4 is 17.5 Å². The molecule has 4 rings (SSSR count). The van der Waals surface area contributed by atoms with Gasteiger partial charge in [-0.25, -0.2) is 0 Å². The number of furan rings is 1. The fourth-order valence-corrected chi connectivity index (χ4v) is 4.48. The van der Waals surface area contributed by atoms with Gasteiger partial charge < -0.3 is 14.5 Å². The molecule has 1 aliphatic carbocycles. The number of nitrogens with one attached hydrogen (secondary N) is 1. The van der Waals surface area contributed by atoms with Gasteiger partial charge in [0.05, 0.1) is 12.8 Å². The molecule has 0 spiro atoms.